The van der Waals surface area contributed by atoms with Crippen molar-refractivity contribution in [3.8, 4) is 11.1 Å². The van der Waals surface area contributed by atoms with Crippen LogP contribution in [0.1, 0.15) is 31.4 Å². The maximum Gasteiger partial charge on any atom is 0.225 e. The number of carbonyl (C=O) groups excluding carboxylic acids is 1. The smallest absolute Gasteiger partial charge is 0.225 e. The van der Waals surface area contributed by atoms with Crippen LogP contribution in [0.2, 0.25) is 0 Å². The Hall–Kier alpha value is -2.90. The van der Waals surface area contributed by atoms with Crippen LogP contribution in [0.25, 0.3) is 16.6 Å². The maximum atomic E-state index is 12.4. The summed E-state index contributed by atoms with van der Waals surface area (Å²) in [7, 11) is 0. The number of piperazine rings is 1. The second-order valence-corrected chi connectivity index (χ2v) is 9.74. The summed E-state index contributed by atoms with van der Waals surface area (Å²) >= 11 is 0. The van der Waals surface area contributed by atoms with E-state index >= 15 is 0 Å². The summed E-state index contributed by atoms with van der Waals surface area (Å²) < 4.78 is 8.00. The second-order valence-electron chi connectivity index (χ2n) is 9.74. The van der Waals surface area contributed by atoms with Gasteiger partial charge in [-0.25, -0.2) is 4.52 Å². The number of ether oxygens (including phenoxy) is 1. The van der Waals surface area contributed by atoms with E-state index in [0.717, 1.165) is 76.3 Å². The Labute approximate surface area is 200 Å². The Morgan fingerprint density at radius 1 is 1.03 bits per heavy atom. The van der Waals surface area contributed by atoms with Crippen LogP contribution in [0.5, 0.6) is 0 Å². The van der Waals surface area contributed by atoms with Crippen LogP contribution in [-0.2, 0) is 9.53 Å². The van der Waals surface area contributed by atoms with E-state index in [0.29, 0.717) is 11.8 Å². The van der Waals surface area contributed by atoms with Gasteiger partial charge in [0.1, 0.15) is 0 Å². The van der Waals surface area contributed by atoms with Crippen molar-refractivity contribution in [1.82, 2.24) is 19.4 Å². The van der Waals surface area contributed by atoms with Crippen molar-refractivity contribution >= 4 is 17.1 Å². The highest BCUT2D eigenvalue weighted by atomic mass is 16.5. The predicted octanol–water partition coefficient (Wildman–Crippen LogP) is 3.45. The molecule has 3 fully saturated rings. The van der Waals surface area contributed by atoms with E-state index in [1.165, 1.54) is 16.8 Å². The third-order valence-electron chi connectivity index (χ3n) is 7.56. The third kappa shape index (κ3) is 4.18. The number of amides is 1. The molecule has 2 aromatic heterocycles. The molecule has 6 rings (SSSR count). The van der Waals surface area contributed by atoms with Gasteiger partial charge in [-0.05, 0) is 42.6 Å². The van der Waals surface area contributed by atoms with Crippen LogP contribution in [0.15, 0.2) is 48.8 Å². The highest BCUT2D eigenvalue weighted by Gasteiger charge is 2.34. The topological polar surface area (TPSA) is 53.3 Å². The number of carbonyl (C=O) groups is 1. The fourth-order valence-corrected chi connectivity index (χ4v) is 5.26. The SMILES string of the molecule is CCN1CCOC(c2ccc(-c3cc4c(N5CCN(C(=O)C6CC6)CC5)ccnn4c3)cc2)C1. The fraction of sp³-hybridized carbons (Fsp3) is 0.481. The van der Waals surface area contributed by atoms with Crippen LogP contribution in [-0.4, -0.2) is 77.7 Å². The summed E-state index contributed by atoms with van der Waals surface area (Å²) in [6.45, 7) is 9.38. The first-order valence-corrected chi connectivity index (χ1v) is 12.6. The first kappa shape index (κ1) is 21.6. The van der Waals surface area contributed by atoms with Gasteiger partial charge in [-0.15, -0.1) is 0 Å². The molecule has 7 nitrogen and oxygen atoms in total. The number of benzene rings is 1. The normalized spacial score (nSPS) is 21.9. The molecule has 2 aliphatic heterocycles. The van der Waals surface area contributed by atoms with Gasteiger partial charge in [0.25, 0.3) is 0 Å². The van der Waals surface area contributed by atoms with Gasteiger partial charge in [0, 0.05) is 63.1 Å². The monoisotopic (exact) mass is 459 g/mol. The third-order valence-corrected chi connectivity index (χ3v) is 7.56. The van der Waals surface area contributed by atoms with Gasteiger partial charge in [0.05, 0.1) is 23.9 Å². The van der Waals surface area contributed by atoms with E-state index < -0.39 is 0 Å². The van der Waals surface area contributed by atoms with Crippen LogP contribution in [0.4, 0.5) is 5.69 Å². The Morgan fingerprint density at radius 2 is 1.82 bits per heavy atom. The van der Waals surface area contributed by atoms with Crippen molar-refractivity contribution in [2.24, 2.45) is 5.92 Å². The second kappa shape index (κ2) is 9.04. The predicted molar refractivity (Wildman–Crippen MR) is 133 cm³/mol. The largest absolute Gasteiger partial charge is 0.371 e. The molecule has 4 heterocycles. The highest BCUT2D eigenvalue weighted by molar-refractivity contribution is 5.82. The molecule has 3 aliphatic rings. The molecule has 0 radical (unpaired) electrons. The molecule has 0 spiro atoms. The van der Waals surface area contributed by atoms with E-state index in [1.54, 1.807) is 0 Å². The van der Waals surface area contributed by atoms with Crippen molar-refractivity contribution in [2.75, 3.05) is 57.3 Å². The number of anilines is 1. The fourth-order valence-electron chi connectivity index (χ4n) is 5.26. The summed E-state index contributed by atoms with van der Waals surface area (Å²) in [4.78, 5) is 19.3. The highest BCUT2D eigenvalue weighted by Crippen LogP contribution is 2.33. The lowest BCUT2D eigenvalue weighted by molar-refractivity contribution is -0.132. The Bertz CT molecular complexity index is 1160. The lowest BCUT2D eigenvalue weighted by Gasteiger charge is -2.36. The lowest BCUT2D eigenvalue weighted by Crippen LogP contribution is -2.49. The molecule has 0 bridgehead atoms. The van der Waals surface area contributed by atoms with Crippen LogP contribution in [0.3, 0.4) is 0 Å². The Morgan fingerprint density at radius 3 is 2.56 bits per heavy atom. The quantitative estimate of drug-likeness (QED) is 0.585. The molecule has 3 aromatic rings. The first-order valence-electron chi connectivity index (χ1n) is 12.6. The van der Waals surface area contributed by atoms with Crippen LogP contribution >= 0.6 is 0 Å². The molecule has 1 aliphatic carbocycles. The molecule has 7 heteroatoms. The van der Waals surface area contributed by atoms with Crippen LogP contribution < -0.4 is 4.90 Å². The van der Waals surface area contributed by atoms with Crippen molar-refractivity contribution < 1.29 is 9.53 Å². The summed E-state index contributed by atoms with van der Waals surface area (Å²) in [5.41, 5.74) is 5.88. The molecular formula is C27H33N5O2. The van der Waals surface area contributed by atoms with Crippen molar-refractivity contribution in [3.63, 3.8) is 0 Å². The van der Waals surface area contributed by atoms with Crippen LogP contribution in [0, 0.1) is 5.92 Å². The summed E-state index contributed by atoms with van der Waals surface area (Å²) in [5.74, 6) is 0.656. The van der Waals surface area contributed by atoms with Crippen molar-refractivity contribution in [3.05, 3.63) is 54.4 Å². The minimum atomic E-state index is 0.148. The molecule has 1 amide bonds. The summed E-state index contributed by atoms with van der Waals surface area (Å²) in [6, 6.07) is 13.1. The zero-order chi connectivity index (χ0) is 23.1. The summed E-state index contributed by atoms with van der Waals surface area (Å²) in [6.07, 6.45) is 6.27. The molecular weight excluding hydrogens is 426 g/mol. The minimum absolute atomic E-state index is 0.148. The van der Waals surface area contributed by atoms with E-state index in [-0.39, 0.29) is 6.10 Å². The van der Waals surface area contributed by atoms with Gasteiger partial charge in [0.2, 0.25) is 5.91 Å². The van der Waals surface area contributed by atoms with Gasteiger partial charge in [0.15, 0.2) is 0 Å². The number of hydrogen-bond acceptors (Lipinski definition) is 5. The van der Waals surface area contributed by atoms with Gasteiger partial charge in [-0.3, -0.25) is 9.69 Å². The van der Waals surface area contributed by atoms with E-state index in [4.69, 9.17) is 4.74 Å². The number of rotatable bonds is 5. The zero-order valence-corrected chi connectivity index (χ0v) is 19.9. The number of aromatic nitrogens is 2. The molecule has 1 unspecified atom stereocenters. The van der Waals surface area contributed by atoms with E-state index in [1.807, 2.05) is 15.6 Å². The Kier molecular flexibility index (Phi) is 5.75. The minimum Gasteiger partial charge on any atom is -0.371 e. The van der Waals surface area contributed by atoms with E-state index in [2.05, 4.69) is 64.4 Å². The molecule has 2 saturated heterocycles. The number of hydrogen-bond donors (Lipinski definition) is 0. The lowest BCUT2D eigenvalue weighted by atomic mass is 10.0. The average Bonchev–Trinajstić information content (AvgIpc) is 3.66. The zero-order valence-electron chi connectivity index (χ0n) is 19.9. The van der Waals surface area contributed by atoms with Gasteiger partial charge >= 0.3 is 0 Å². The van der Waals surface area contributed by atoms with Gasteiger partial charge < -0.3 is 14.5 Å². The Balaban J connectivity index is 1.19. The van der Waals surface area contributed by atoms with Crippen molar-refractivity contribution in [1.29, 1.82) is 0 Å². The van der Waals surface area contributed by atoms with Gasteiger partial charge in [-0.1, -0.05) is 31.2 Å². The maximum absolute atomic E-state index is 12.4. The standard InChI is InChI=1S/C27H33N5O2/c1-2-29-15-16-34-26(19-29)21-5-3-20(4-6-21)23-17-25-24(9-10-28-32(25)18-23)30-11-13-31(14-12-30)27(33)22-7-8-22/h3-6,9-10,17-18,22,26H,2,7-8,11-16,19H2,1H3. The first-order chi connectivity index (χ1) is 16.7. The molecule has 1 atom stereocenters. The molecule has 1 saturated carbocycles. The molecule has 178 valence electrons. The number of fused-ring (bicyclic) bond motifs is 1. The molecule has 34 heavy (non-hydrogen) atoms. The number of nitrogens with zero attached hydrogens (tertiary/aromatic N) is 5. The summed E-state index contributed by atoms with van der Waals surface area (Å²) in [5, 5.41) is 4.57. The average molecular weight is 460 g/mol. The number of morpholine rings is 1. The molecule has 1 aromatic carbocycles. The van der Waals surface area contributed by atoms with E-state index in [9.17, 15) is 4.79 Å². The van der Waals surface area contributed by atoms with Gasteiger partial charge in [-0.2, -0.15) is 5.10 Å². The molecule has 0 N–H and O–H groups in total. The van der Waals surface area contributed by atoms with Crippen molar-refractivity contribution in [2.45, 2.75) is 25.9 Å². The number of likely N-dealkylation sites (N-methyl/N-ethyl adjacent to an activating group) is 1.